The molecule has 4 aliphatic rings. The molecular weight excluding hydrogens is 497 g/mol. The third-order valence-electron chi connectivity index (χ3n) is 7.48. The van der Waals surface area contributed by atoms with Gasteiger partial charge in [-0.3, -0.25) is 0 Å². The molecule has 0 radical (unpaired) electrons. The monoisotopic (exact) mass is 523 g/mol. The predicted octanol–water partition coefficient (Wildman–Crippen LogP) is 7.26. The van der Waals surface area contributed by atoms with Crippen LogP contribution in [0.2, 0.25) is 10.0 Å². The number of nitrogens with one attached hydrogen (secondary N) is 1. The van der Waals surface area contributed by atoms with E-state index in [-0.39, 0.29) is 6.61 Å². The Kier molecular flexibility index (Phi) is 6.44. The van der Waals surface area contributed by atoms with Crippen LogP contribution in [0.1, 0.15) is 43.2 Å². The summed E-state index contributed by atoms with van der Waals surface area (Å²) in [5.41, 5.74) is 1.97. The summed E-state index contributed by atoms with van der Waals surface area (Å²) in [6.07, 6.45) is 7.19. The van der Waals surface area contributed by atoms with E-state index in [1.54, 1.807) is 7.11 Å². The molecule has 4 saturated carbocycles. The highest BCUT2D eigenvalue weighted by molar-refractivity contribution is 9.10. The Hall–Kier alpha value is -0.940. The van der Waals surface area contributed by atoms with Crippen LogP contribution in [0, 0.1) is 23.7 Å². The van der Waals surface area contributed by atoms with Gasteiger partial charge in [0.1, 0.15) is 6.61 Å². The van der Waals surface area contributed by atoms with Crippen molar-refractivity contribution in [2.75, 3.05) is 7.11 Å². The molecule has 0 amide bonds. The topological polar surface area (TPSA) is 30.5 Å². The molecule has 1 N–H and O–H groups in total. The van der Waals surface area contributed by atoms with Gasteiger partial charge >= 0.3 is 0 Å². The van der Waals surface area contributed by atoms with Crippen molar-refractivity contribution in [1.29, 1.82) is 0 Å². The molecule has 4 aliphatic carbocycles. The zero-order valence-corrected chi connectivity index (χ0v) is 20.8. The second-order valence-corrected chi connectivity index (χ2v) is 11.1. The number of hydrogen-bond donors (Lipinski definition) is 1. The Morgan fingerprint density at radius 1 is 1.00 bits per heavy atom. The van der Waals surface area contributed by atoms with Crippen molar-refractivity contribution < 1.29 is 9.47 Å². The molecule has 0 heterocycles. The summed E-state index contributed by atoms with van der Waals surface area (Å²) < 4.78 is 12.6. The minimum Gasteiger partial charge on any atom is -0.493 e. The fourth-order valence-corrected chi connectivity index (χ4v) is 7.43. The van der Waals surface area contributed by atoms with Crippen LogP contribution in [0.4, 0.5) is 0 Å². The van der Waals surface area contributed by atoms with E-state index in [1.807, 2.05) is 18.2 Å². The van der Waals surface area contributed by atoms with Crippen molar-refractivity contribution in [3.8, 4) is 11.5 Å². The molecule has 166 valence electrons. The second kappa shape index (κ2) is 9.13. The van der Waals surface area contributed by atoms with Crippen molar-refractivity contribution in [2.45, 2.75) is 51.3 Å². The molecule has 0 spiro atoms. The van der Waals surface area contributed by atoms with Crippen LogP contribution < -0.4 is 14.8 Å². The van der Waals surface area contributed by atoms with Gasteiger partial charge in [-0.25, -0.2) is 0 Å². The molecule has 0 aliphatic heterocycles. The van der Waals surface area contributed by atoms with Gasteiger partial charge in [-0.1, -0.05) is 29.3 Å². The Labute approximate surface area is 202 Å². The lowest BCUT2D eigenvalue weighted by atomic mass is 9.54. The number of hydrogen-bond acceptors (Lipinski definition) is 3. The highest BCUT2D eigenvalue weighted by Gasteiger charge is 2.47. The lowest BCUT2D eigenvalue weighted by Crippen LogP contribution is -2.54. The fourth-order valence-electron chi connectivity index (χ4n) is 6.32. The van der Waals surface area contributed by atoms with Gasteiger partial charge in [0.05, 0.1) is 11.6 Å². The third kappa shape index (κ3) is 4.46. The number of rotatable bonds is 7. The van der Waals surface area contributed by atoms with Crippen molar-refractivity contribution in [1.82, 2.24) is 5.32 Å². The average molecular weight is 525 g/mol. The first kappa shape index (κ1) is 21.9. The minimum atomic E-state index is 0.277. The molecule has 0 aromatic heterocycles. The third-order valence-corrected chi connectivity index (χ3v) is 8.78. The van der Waals surface area contributed by atoms with Crippen molar-refractivity contribution in [3.63, 3.8) is 0 Å². The maximum absolute atomic E-state index is 6.29. The smallest absolute Gasteiger partial charge is 0.175 e. The summed E-state index contributed by atoms with van der Waals surface area (Å²) in [6, 6.07) is 10.3. The predicted molar refractivity (Wildman–Crippen MR) is 129 cm³/mol. The maximum Gasteiger partial charge on any atom is 0.175 e. The van der Waals surface area contributed by atoms with Gasteiger partial charge in [-0.15, -0.1) is 0 Å². The first-order valence-corrected chi connectivity index (χ1v) is 12.7. The minimum absolute atomic E-state index is 0.277. The van der Waals surface area contributed by atoms with Gasteiger partial charge in [0.2, 0.25) is 0 Å². The van der Waals surface area contributed by atoms with Crippen LogP contribution in [-0.2, 0) is 13.2 Å². The first-order chi connectivity index (χ1) is 15.0. The second-order valence-electron chi connectivity index (χ2n) is 9.44. The largest absolute Gasteiger partial charge is 0.493 e. The molecule has 0 atom stereocenters. The molecule has 6 rings (SSSR count). The highest BCUT2D eigenvalue weighted by Crippen LogP contribution is 2.53. The van der Waals surface area contributed by atoms with Crippen molar-refractivity contribution >= 4 is 39.1 Å². The molecule has 2 aromatic rings. The number of methoxy groups -OCH3 is 1. The van der Waals surface area contributed by atoms with Gasteiger partial charge in [0.25, 0.3) is 0 Å². The first-order valence-electron chi connectivity index (χ1n) is 11.2. The summed E-state index contributed by atoms with van der Waals surface area (Å²) in [4.78, 5) is 0. The van der Waals surface area contributed by atoms with Crippen LogP contribution in [0.25, 0.3) is 0 Å². The molecule has 2 aromatic carbocycles. The lowest BCUT2D eigenvalue weighted by molar-refractivity contribution is -0.0142. The molecule has 6 heteroatoms. The average Bonchev–Trinajstić information content (AvgIpc) is 2.73. The van der Waals surface area contributed by atoms with E-state index in [2.05, 4.69) is 33.4 Å². The van der Waals surface area contributed by atoms with E-state index in [1.165, 1.54) is 37.7 Å². The van der Waals surface area contributed by atoms with Crippen LogP contribution in [0.3, 0.4) is 0 Å². The molecule has 31 heavy (non-hydrogen) atoms. The number of ether oxygens (including phenoxy) is 2. The maximum atomic E-state index is 6.29. The standard InChI is InChI=1S/C25H28BrCl2NO2/c1-30-23-11-16(12-29-24-17-6-14-5-15(8-17)9-18(24)7-14)10-20(26)25(23)31-13-19-21(27)3-2-4-22(19)28/h2-4,10-11,14-15,17-18,24,29H,5-9,12-13H2,1H3. The van der Waals surface area contributed by atoms with E-state index in [0.717, 1.165) is 40.3 Å². The number of benzene rings is 2. The Morgan fingerprint density at radius 3 is 2.26 bits per heavy atom. The van der Waals surface area contributed by atoms with E-state index in [4.69, 9.17) is 32.7 Å². The molecule has 0 unspecified atom stereocenters. The van der Waals surface area contributed by atoms with Crippen molar-refractivity contribution in [2.24, 2.45) is 23.7 Å². The van der Waals surface area contributed by atoms with Crippen LogP contribution in [0.5, 0.6) is 11.5 Å². The molecule has 3 nitrogen and oxygen atoms in total. The van der Waals surface area contributed by atoms with Gasteiger partial charge in [-0.05, 0) is 102 Å². The number of halogens is 3. The van der Waals surface area contributed by atoms with E-state index in [0.29, 0.717) is 27.6 Å². The molecule has 4 bridgehead atoms. The summed E-state index contributed by atoms with van der Waals surface area (Å²) in [5.74, 6) is 5.10. The zero-order valence-electron chi connectivity index (χ0n) is 17.7. The highest BCUT2D eigenvalue weighted by atomic mass is 79.9. The molecule has 4 fully saturated rings. The Bertz CT molecular complexity index is 919. The van der Waals surface area contributed by atoms with Crippen LogP contribution in [0.15, 0.2) is 34.8 Å². The summed E-state index contributed by atoms with van der Waals surface area (Å²) in [7, 11) is 1.67. The zero-order chi connectivity index (χ0) is 21.5. The van der Waals surface area contributed by atoms with Crippen LogP contribution in [-0.4, -0.2) is 13.2 Å². The van der Waals surface area contributed by atoms with Crippen LogP contribution >= 0.6 is 39.1 Å². The fraction of sp³-hybridized carbons (Fsp3) is 0.520. The van der Waals surface area contributed by atoms with Gasteiger partial charge in [-0.2, -0.15) is 0 Å². The van der Waals surface area contributed by atoms with E-state index < -0.39 is 0 Å². The normalized spacial score (nSPS) is 28.7. The molecular formula is C25H28BrCl2NO2. The lowest BCUT2D eigenvalue weighted by Gasteiger charge is -2.54. The van der Waals surface area contributed by atoms with Crippen molar-refractivity contribution in [3.05, 3.63) is 56.0 Å². The summed E-state index contributed by atoms with van der Waals surface area (Å²) in [6.45, 7) is 1.12. The summed E-state index contributed by atoms with van der Waals surface area (Å²) >= 11 is 16.3. The quantitative estimate of drug-likeness (QED) is 0.413. The van der Waals surface area contributed by atoms with Gasteiger partial charge in [0, 0.05) is 28.2 Å². The van der Waals surface area contributed by atoms with E-state index >= 15 is 0 Å². The van der Waals surface area contributed by atoms with Gasteiger partial charge < -0.3 is 14.8 Å². The van der Waals surface area contributed by atoms with Gasteiger partial charge in [0.15, 0.2) is 11.5 Å². The Balaban J connectivity index is 1.27. The Morgan fingerprint density at radius 2 is 1.65 bits per heavy atom. The summed E-state index contributed by atoms with van der Waals surface area (Å²) in [5, 5.41) is 5.09. The SMILES string of the molecule is COc1cc(CNC2C3CC4CC(C3)CC2C4)cc(Br)c1OCc1c(Cl)cccc1Cl. The van der Waals surface area contributed by atoms with E-state index in [9.17, 15) is 0 Å². The molecule has 0 saturated heterocycles.